The second-order valence-electron chi connectivity index (χ2n) is 7.46. The first-order valence-electron chi connectivity index (χ1n) is 8.31. The van der Waals surface area contributed by atoms with Crippen LogP contribution in [0, 0.1) is 5.92 Å². The highest BCUT2D eigenvalue weighted by molar-refractivity contribution is 5.27. The molecule has 0 spiro atoms. The van der Waals surface area contributed by atoms with E-state index in [4.69, 9.17) is 0 Å². The van der Waals surface area contributed by atoms with Crippen molar-refractivity contribution in [3.63, 3.8) is 0 Å². The third-order valence-corrected chi connectivity index (χ3v) is 4.63. The molecule has 0 N–H and O–H groups in total. The molecule has 1 aromatic carbocycles. The maximum absolute atomic E-state index is 2.62. The van der Waals surface area contributed by atoms with Crippen LogP contribution in [0.3, 0.4) is 0 Å². The van der Waals surface area contributed by atoms with Crippen LogP contribution in [0.15, 0.2) is 24.3 Å². The number of rotatable bonds is 4. The summed E-state index contributed by atoms with van der Waals surface area (Å²) in [6.45, 7) is 12.8. The zero-order chi connectivity index (χ0) is 14.6. The van der Waals surface area contributed by atoms with Gasteiger partial charge in [-0.2, -0.15) is 0 Å². The molecule has 1 aromatic rings. The van der Waals surface area contributed by atoms with Crippen LogP contribution in [-0.2, 0) is 12.0 Å². The van der Waals surface area contributed by atoms with Crippen molar-refractivity contribution in [1.82, 2.24) is 4.90 Å². The number of hydrogen-bond donors (Lipinski definition) is 0. The van der Waals surface area contributed by atoms with Crippen molar-refractivity contribution in [3.05, 3.63) is 35.4 Å². The van der Waals surface area contributed by atoms with Crippen molar-refractivity contribution >= 4 is 0 Å². The Kier molecular flexibility index (Phi) is 5.26. The van der Waals surface area contributed by atoms with E-state index >= 15 is 0 Å². The van der Waals surface area contributed by atoms with Crippen molar-refractivity contribution in [3.8, 4) is 0 Å². The molecule has 1 heteroatoms. The number of nitrogens with zero attached hydrogens (tertiary/aromatic N) is 1. The summed E-state index contributed by atoms with van der Waals surface area (Å²) in [5.74, 6) is 0.986. The molecule has 0 saturated carbocycles. The fourth-order valence-electron chi connectivity index (χ4n) is 3.21. The second-order valence-corrected chi connectivity index (χ2v) is 7.46. The predicted molar refractivity (Wildman–Crippen MR) is 88.1 cm³/mol. The standard InChI is InChI=1S/C19H31N/c1-5-6-16-11-13-20(14-12-16)15-17-7-9-18(10-8-17)19(2,3)4/h7-10,16H,5-6,11-15H2,1-4H3. The van der Waals surface area contributed by atoms with Gasteiger partial charge in [0.2, 0.25) is 0 Å². The fourth-order valence-corrected chi connectivity index (χ4v) is 3.21. The van der Waals surface area contributed by atoms with Gasteiger partial charge in [0.1, 0.15) is 0 Å². The van der Waals surface area contributed by atoms with E-state index < -0.39 is 0 Å². The molecule has 0 aromatic heterocycles. The van der Waals surface area contributed by atoms with Gasteiger partial charge in [-0.15, -0.1) is 0 Å². The van der Waals surface area contributed by atoms with Gasteiger partial charge in [0.15, 0.2) is 0 Å². The van der Waals surface area contributed by atoms with Gasteiger partial charge in [-0.25, -0.2) is 0 Å². The molecule has 1 nitrogen and oxygen atoms in total. The Morgan fingerprint density at radius 2 is 1.65 bits per heavy atom. The molecular formula is C19H31N. The van der Waals surface area contributed by atoms with Crippen LogP contribution < -0.4 is 0 Å². The summed E-state index contributed by atoms with van der Waals surface area (Å²) in [4.78, 5) is 2.62. The highest BCUT2D eigenvalue weighted by Gasteiger charge is 2.18. The van der Waals surface area contributed by atoms with Gasteiger partial charge in [-0.05, 0) is 48.4 Å². The first-order valence-corrected chi connectivity index (χ1v) is 8.31. The molecule has 0 atom stereocenters. The summed E-state index contributed by atoms with van der Waals surface area (Å²) in [5.41, 5.74) is 3.16. The molecule has 20 heavy (non-hydrogen) atoms. The first-order chi connectivity index (χ1) is 9.49. The van der Waals surface area contributed by atoms with Crippen LogP contribution in [-0.4, -0.2) is 18.0 Å². The largest absolute Gasteiger partial charge is 0.299 e. The average Bonchev–Trinajstić information content (AvgIpc) is 2.41. The molecule has 1 saturated heterocycles. The monoisotopic (exact) mass is 273 g/mol. The van der Waals surface area contributed by atoms with Crippen LogP contribution in [0.2, 0.25) is 0 Å². The summed E-state index contributed by atoms with van der Waals surface area (Å²) in [5, 5.41) is 0. The Balaban J connectivity index is 1.85. The van der Waals surface area contributed by atoms with E-state index in [9.17, 15) is 0 Å². The minimum absolute atomic E-state index is 0.261. The van der Waals surface area contributed by atoms with E-state index in [2.05, 4.69) is 56.9 Å². The molecule has 1 fully saturated rings. The zero-order valence-corrected chi connectivity index (χ0v) is 13.8. The smallest absolute Gasteiger partial charge is 0.0233 e. The maximum atomic E-state index is 2.62. The molecule has 1 aliphatic rings. The number of piperidine rings is 1. The van der Waals surface area contributed by atoms with Gasteiger partial charge in [0.25, 0.3) is 0 Å². The minimum Gasteiger partial charge on any atom is -0.299 e. The molecule has 0 radical (unpaired) electrons. The minimum atomic E-state index is 0.261. The van der Waals surface area contributed by atoms with Crippen molar-refractivity contribution in [1.29, 1.82) is 0 Å². The third-order valence-electron chi connectivity index (χ3n) is 4.63. The Morgan fingerprint density at radius 1 is 1.05 bits per heavy atom. The lowest BCUT2D eigenvalue weighted by Gasteiger charge is -2.32. The van der Waals surface area contributed by atoms with Crippen LogP contribution in [0.4, 0.5) is 0 Å². The third kappa shape index (κ3) is 4.34. The topological polar surface area (TPSA) is 3.24 Å². The van der Waals surface area contributed by atoms with Crippen LogP contribution >= 0.6 is 0 Å². The van der Waals surface area contributed by atoms with Crippen molar-refractivity contribution < 1.29 is 0 Å². The van der Waals surface area contributed by atoms with Gasteiger partial charge in [0, 0.05) is 6.54 Å². The number of benzene rings is 1. The molecule has 1 aliphatic heterocycles. The van der Waals surface area contributed by atoms with Gasteiger partial charge >= 0.3 is 0 Å². The lowest BCUT2D eigenvalue weighted by atomic mass is 9.86. The Morgan fingerprint density at radius 3 is 2.15 bits per heavy atom. The predicted octanol–water partition coefficient (Wildman–Crippen LogP) is 5.00. The summed E-state index contributed by atoms with van der Waals surface area (Å²) in [6, 6.07) is 9.25. The van der Waals surface area contributed by atoms with Gasteiger partial charge < -0.3 is 0 Å². The van der Waals surface area contributed by atoms with Crippen molar-refractivity contribution in [2.45, 2.75) is 65.3 Å². The lowest BCUT2D eigenvalue weighted by molar-refractivity contribution is 0.172. The maximum Gasteiger partial charge on any atom is 0.0233 e. The quantitative estimate of drug-likeness (QED) is 0.746. The summed E-state index contributed by atoms with van der Waals surface area (Å²) >= 11 is 0. The molecule has 0 amide bonds. The van der Waals surface area contributed by atoms with Crippen molar-refractivity contribution in [2.75, 3.05) is 13.1 Å². The molecule has 0 bridgehead atoms. The highest BCUT2D eigenvalue weighted by atomic mass is 15.1. The SMILES string of the molecule is CCCC1CCN(Cc2ccc(C(C)(C)C)cc2)CC1. The average molecular weight is 273 g/mol. The Labute approximate surface area is 125 Å². The van der Waals surface area contributed by atoms with E-state index in [1.165, 1.54) is 49.9 Å². The van der Waals surface area contributed by atoms with Crippen LogP contribution in [0.1, 0.15) is 64.5 Å². The molecular weight excluding hydrogens is 242 g/mol. The Hall–Kier alpha value is -0.820. The number of hydrogen-bond acceptors (Lipinski definition) is 1. The summed E-state index contributed by atoms with van der Waals surface area (Å²) in [6.07, 6.45) is 5.56. The lowest BCUT2D eigenvalue weighted by Crippen LogP contribution is -2.33. The normalized spacial score (nSPS) is 18.4. The number of likely N-dealkylation sites (tertiary alicyclic amines) is 1. The molecule has 0 unspecified atom stereocenters. The molecule has 0 aliphatic carbocycles. The highest BCUT2D eigenvalue weighted by Crippen LogP contribution is 2.25. The van der Waals surface area contributed by atoms with E-state index in [-0.39, 0.29) is 5.41 Å². The van der Waals surface area contributed by atoms with E-state index in [0.29, 0.717) is 0 Å². The molecule has 112 valence electrons. The van der Waals surface area contributed by atoms with E-state index in [1.807, 2.05) is 0 Å². The van der Waals surface area contributed by atoms with E-state index in [1.54, 1.807) is 0 Å². The van der Waals surface area contributed by atoms with Gasteiger partial charge in [-0.3, -0.25) is 4.90 Å². The van der Waals surface area contributed by atoms with Gasteiger partial charge in [0.05, 0.1) is 0 Å². The summed E-state index contributed by atoms with van der Waals surface area (Å²) in [7, 11) is 0. The van der Waals surface area contributed by atoms with E-state index in [0.717, 1.165) is 12.5 Å². The van der Waals surface area contributed by atoms with Crippen LogP contribution in [0.25, 0.3) is 0 Å². The first kappa shape index (κ1) is 15.6. The fraction of sp³-hybridized carbons (Fsp3) is 0.684. The van der Waals surface area contributed by atoms with Crippen LogP contribution in [0.5, 0.6) is 0 Å². The second kappa shape index (κ2) is 6.76. The van der Waals surface area contributed by atoms with Gasteiger partial charge in [-0.1, -0.05) is 64.8 Å². The van der Waals surface area contributed by atoms with Crippen molar-refractivity contribution in [2.24, 2.45) is 5.92 Å². The zero-order valence-electron chi connectivity index (χ0n) is 13.8. The molecule has 2 rings (SSSR count). The Bertz CT molecular complexity index is 391. The molecule has 1 heterocycles. The summed E-state index contributed by atoms with van der Waals surface area (Å²) < 4.78 is 0.